The van der Waals surface area contributed by atoms with E-state index in [1.807, 2.05) is 0 Å². The lowest BCUT2D eigenvalue weighted by molar-refractivity contribution is 0.629. The Kier molecular flexibility index (Phi) is 4.77. The molecule has 1 atom stereocenters. The van der Waals surface area contributed by atoms with Crippen LogP contribution in [0.1, 0.15) is 32.4 Å². The van der Waals surface area contributed by atoms with E-state index in [2.05, 4.69) is 57.0 Å². The molecule has 0 saturated heterocycles. The van der Waals surface area contributed by atoms with Gasteiger partial charge in [-0.05, 0) is 39.0 Å². The zero-order chi connectivity index (χ0) is 19.7. The molecule has 0 spiro atoms. The number of halogens is 1. The number of nitrogens with zero attached hydrogens (tertiary/aromatic N) is 5. The summed E-state index contributed by atoms with van der Waals surface area (Å²) in [4.78, 5) is 22.7. The van der Waals surface area contributed by atoms with Gasteiger partial charge in [-0.2, -0.15) is 0 Å². The number of pyridine rings is 1. The van der Waals surface area contributed by atoms with Crippen molar-refractivity contribution in [1.29, 1.82) is 0 Å². The molecule has 3 aromatic heterocycles. The Morgan fingerprint density at radius 1 is 1.14 bits per heavy atom. The highest BCUT2D eigenvalue weighted by Gasteiger charge is 2.19. The number of fused-ring (bicyclic) bond motifs is 2. The van der Waals surface area contributed by atoms with Gasteiger partial charge in [-0.3, -0.25) is 0 Å². The molecule has 0 aliphatic rings. The lowest BCUT2D eigenvalue weighted by Gasteiger charge is -2.26. The molecule has 3 heterocycles. The van der Waals surface area contributed by atoms with Gasteiger partial charge < -0.3 is 15.2 Å². The van der Waals surface area contributed by atoms with Crippen molar-refractivity contribution in [3.05, 3.63) is 48.3 Å². The molecule has 0 radical (unpaired) electrons. The van der Waals surface area contributed by atoms with Crippen LogP contribution in [0.15, 0.2) is 36.9 Å². The molecule has 7 nitrogen and oxygen atoms in total. The van der Waals surface area contributed by atoms with Crippen molar-refractivity contribution in [3.8, 4) is 0 Å². The molecule has 0 aliphatic carbocycles. The summed E-state index contributed by atoms with van der Waals surface area (Å²) < 4.78 is 13.7. The molecule has 0 bridgehead atoms. The third-order valence-corrected chi connectivity index (χ3v) is 4.89. The quantitative estimate of drug-likeness (QED) is 0.526. The maximum absolute atomic E-state index is 13.7. The van der Waals surface area contributed by atoms with Gasteiger partial charge in [-0.1, -0.05) is 0 Å². The van der Waals surface area contributed by atoms with Crippen LogP contribution >= 0.6 is 0 Å². The largest absolute Gasteiger partial charge is 0.362 e. The SMILES string of the molecule is CCN(CC)c1nc2cc(F)ccc2cc1C(C)Nc1ncnc2nc[nH]c12. The fraction of sp³-hybridized carbons (Fsp3) is 0.300. The average molecular weight is 379 g/mol. The second-order valence-electron chi connectivity index (χ2n) is 6.60. The standard InChI is InChI=1S/C20H22FN7/c1-4-28(5-2)20-15(8-13-6-7-14(21)9-16(13)27-20)12(3)26-19-17-18(23-10-22-17)24-11-25-19/h6-12H,4-5H2,1-3H3,(H2,22,23,24,25,26). The minimum absolute atomic E-state index is 0.0843. The molecule has 0 fully saturated rings. The number of aromatic amines is 1. The fourth-order valence-corrected chi connectivity index (χ4v) is 3.40. The first kappa shape index (κ1) is 18.1. The monoisotopic (exact) mass is 379 g/mol. The third-order valence-electron chi connectivity index (χ3n) is 4.89. The first-order valence-corrected chi connectivity index (χ1v) is 9.36. The van der Waals surface area contributed by atoms with Crippen LogP contribution in [-0.4, -0.2) is 38.0 Å². The first-order chi connectivity index (χ1) is 13.6. The molecule has 4 aromatic rings. The number of rotatable bonds is 6. The number of H-pyrrole nitrogens is 1. The third kappa shape index (κ3) is 3.21. The number of aromatic nitrogens is 5. The van der Waals surface area contributed by atoms with E-state index in [0.717, 1.165) is 35.4 Å². The predicted octanol–water partition coefficient (Wildman–Crippen LogP) is 4.06. The van der Waals surface area contributed by atoms with Gasteiger partial charge in [-0.15, -0.1) is 0 Å². The predicted molar refractivity (Wildman–Crippen MR) is 109 cm³/mol. The molecule has 28 heavy (non-hydrogen) atoms. The highest BCUT2D eigenvalue weighted by atomic mass is 19.1. The van der Waals surface area contributed by atoms with E-state index in [1.165, 1.54) is 18.5 Å². The Morgan fingerprint density at radius 3 is 2.75 bits per heavy atom. The van der Waals surface area contributed by atoms with Crippen molar-refractivity contribution in [2.75, 3.05) is 23.3 Å². The number of nitrogens with one attached hydrogen (secondary N) is 2. The van der Waals surface area contributed by atoms with Crippen molar-refractivity contribution >= 4 is 33.7 Å². The maximum Gasteiger partial charge on any atom is 0.182 e. The molecule has 0 amide bonds. The van der Waals surface area contributed by atoms with Crippen molar-refractivity contribution in [2.24, 2.45) is 0 Å². The fourth-order valence-electron chi connectivity index (χ4n) is 3.40. The van der Waals surface area contributed by atoms with Crippen LogP contribution in [0.5, 0.6) is 0 Å². The minimum atomic E-state index is -0.285. The van der Waals surface area contributed by atoms with Gasteiger partial charge in [0, 0.05) is 30.1 Å². The maximum atomic E-state index is 13.7. The van der Waals surface area contributed by atoms with Crippen molar-refractivity contribution < 1.29 is 4.39 Å². The molecule has 0 saturated carbocycles. The average Bonchev–Trinajstić information content (AvgIpc) is 3.18. The first-order valence-electron chi connectivity index (χ1n) is 9.36. The zero-order valence-corrected chi connectivity index (χ0v) is 16.1. The highest BCUT2D eigenvalue weighted by Crippen LogP contribution is 2.31. The van der Waals surface area contributed by atoms with Gasteiger partial charge in [0.15, 0.2) is 11.5 Å². The van der Waals surface area contributed by atoms with Crippen LogP contribution in [0.4, 0.5) is 16.0 Å². The van der Waals surface area contributed by atoms with Gasteiger partial charge in [0.1, 0.15) is 23.5 Å². The zero-order valence-electron chi connectivity index (χ0n) is 16.1. The van der Waals surface area contributed by atoms with E-state index in [1.54, 1.807) is 12.4 Å². The summed E-state index contributed by atoms with van der Waals surface area (Å²) in [5, 5.41) is 4.34. The molecule has 144 valence electrons. The Hall–Kier alpha value is -3.29. The summed E-state index contributed by atoms with van der Waals surface area (Å²) in [6, 6.07) is 6.68. The van der Waals surface area contributed by atoms with E-state index in [0.29, 0.717) is 17.0 Å². The molecular weight excluding hydrogens is 357 g/mol. The van der Waals surface area contributed by atoms with Gasteiger partial charge in [0.05, 0.1) is 17.9 Å². The summed E-state index contributed by atoms with van der Waals surface area (Å²) >= 11 is 0. The molecule has 1 unspecified atom stereocenters. The molecule has 4 rings (SSSR count). The molecule has 1 aromatic carbocycles. The lowest BCUT2D eigenvalue weighted by Crippen LogP contribution is -2.26. The molecule has 0 aliphatic heterocycles. The summed E-state index contributed by atoms with van der Waals surface area (Å²) in [6.07, 6.45) is 3.09. The lowest BCUT2D eigenvalue weighted by atomic mass is 10.0. The number of anilines is 2. The normalized spacial score (nSPS) is 12.4. The van der Waals surface area contributed by atoms with E-state index in [-0.39, 0.29) is 11.9 Å². The van der Waals surface area contributed by atoms with Crippen molar-refractivity contribution in [1.82, 2.24) is 24.9 Å². The Balaban J connectivity index is 1.80. The Bertz CT molecular complexity index is 1120. The van der Waals surface area contributed by atoms with E-state index >= 15 is 0 Å². The molecule has 2 N–H and O–H groups in total. The minimum Gasteiger partial charge on any atom is -0.362 e. The Morgan fingerprint density at radius 2 is 1.96 bits per heavy atom. The van der Waals surface area contributed by atoms with Crippen LogP contribution in [0, 0.1) is 5.82 Å². The summed E-state index contributed by atoms with van der Waals surface area (Å²) in [6.45, 7) is 7.84. The Labute approximate surface area is 162 Å². The van der Waals surface area contributed by atoms with Gasteiger partial charge in [0.2, 0.25) is 0 Å². The number of imidazole rings is 1. The highest BCUT2D eigenvalue weighted by molar-refractivity contribution is 5.84. The smallest absolute Gasteiger partial charge is 0.182 e. The van der Waals surface area contributed by atoms with Crippen molar-refractivity contribution in [3.63, 3.8) is 0 Å². The number of benzene rings is 1. The molecule has 8 heteroatoms. The van der Waals surface area contributed by atoms with E-state index in [4.69, 9.17) is 4.98 Å². The number of hydrogen-bond acceptors (Lipinski definition) is 6. The van der Waals surface area contributed by atoms with Crippen LogP contribution in [-0.2, 0) is 0 Å². The van der Waals surface area contributed by atoms with Crippen LogP contribution in [0.25, 0.3) is 22.1 Å². The second kappa shape index (κ2) is 7.38. The summed E-state index contributed by atoms with van der Waals surface area (Å²) in [5.74, 6) is 1.24. The van der Waals surface area contributed by atoms with Crippen LogP contribution in [0.2, 0.25) is 0 Å². The van der Waals surface area contributed by atoms with Gasteiger partial charge in [-0.25, -0.2) is 24.3 Å². The van der Waals surface area contributed by atoms with Crippen LogP contribution < -0.4 is 10.2 Å². The topological polar surface area (TPSA) is 82.6 Å². The van der Waals surface area contributed by atoms with E-state index in [9.17, 15) is 4.39 Å². The van der Waals surface area contributed by atoms with Gasteiger partial charge in [0.25, 0.3) is 0 Å². The van der Waals surface area contributed by atoms with Crippen LogP contribution in [0.3, 0.4) is 0 Å². The van der Waals surface area contributed by atoms with Crippen molar-refractivity contribution in [2.45, 2.75) is 26.8 Å². The van der Waals surface area contributed by atoms with Gasteiger partial charge >= 0.3 is 0 Å². The summed E-state index contributed by atoms with van der Waals surface area (Å²) in [5.41, 5.74) is 3.04. The second-order valence-corrected chi connectivity index (χ2v) is 6.60. The summed E-state index contributed by atoms with van der Waals surface area (Å²) in [7, 11) is 0. The molecular formula is C20H22FN7. The van der Waals surface area contributed by atoms with E-state index < -0.39 is 0 Å². The number of hydrogen-bond donors (Lipinski definition) is 2.